The third-order valence-electron chi connectivity index (χ3n) is 0.703. The molecule has 0 radical (unpaired) electrons. The van der Waals surface area contributed by atoms with E-state index < -0.39 is 5.91 Å². The quantitative estimate of drug-likeness (QED) is 0.178. The first-order valence-corrected chi connectivity index (χ1v) is 2.55. The number of amides is 1. The lowest BCUT2D eigenvalue weighted by Gasteiger charge is -2.02. The van der Waals surface area contributed by atoms with Crippen molar-refractivity contribution in [1.29, 1.82) is 0 Å². The second-order valence-electron chi connectivity index (χ2n) is 1.33. The maximum Gasteiger partial charge on any atom is 0.299 e. The first-order valence-electron chi connectivity index (χ1n) is 2.55. The van der Waals surface area contributed by atoms with Crippen molar-refractivity contribution < 1.29 is 9.53 Å². The van der Waals surface area contributed by atoms with E-state index in [0.29, 0.717) is 6.61 Å². The highest BCUT2D eigenvalue weighted by Crippen LogP contribution is 1.89. The van der Waals surface area contributed by atoms with Crippen LogP contribution in [0.25, 0.3) is 0 Å². The highest BCUT2D eigenvalue weighted by molar-refractivity contribution is 5.90. The molecule has 4 heteroatoms. The molecule has 0 saturated carbocycles. The number of carbonyl (C=O) groups excluding carboxylic acids is 1. The van der Waals surface area contributed by atoms with Crippen LogP contribution in [0.3, 0.4) is 0 Å². The molecule has 0 aromatic rings. The standard InChI is InChI=1S/C5H10N2O2/c1-3-9-4(2)5(8)7-6/h2-3,6H2,1H3,(H,7,8). The summed E-state index contributed by atoms with van der Waals surface area (Å²) in [5.74, 6) is 4.32. The van der Waals surface area contributed by atoms with Gasteiger partial charge in [0.2, 0.25) is 0 Å². The number of carbonyl (C=O) groups is 1. The van der Waals surface area contributed by atoms with E-state index in [-0.39, 0.29) is 5.76 Å². The molecular formula is C5H10N2O2. The first kappa shape index (κ1) is 7.97. The van der Waals surface area contributed by atoms with Gasteiger partial charge in [0, 0.05) is 0 Å². The van der Waals surface area contributed by atoms with E-state index in [1.807, 2.05) is 5.43 Å². The summed E-state index contributed by atoms with van der Waals surface area (Å²) in [4.78, 5) is 10.4. The van der Waals surface area contributed by atoms with Gasteiger partial charge in [-0.05, 0) is 6.92 Å². The Hall–Kier alpha value is -1.03. The number of rotatable bonds is 3. The number of ether oxygens (including phenoxy) is 1. The maximum atomic E-state index is 10.4. The van der Waals surface area contributed by atoms with Gasteiger partial charge >= 0.3 is 0 Å². The molecule has 0 unspecified atom stereocenters. The van der Waals surface area contributed by atoms with Gasteiger partial charge in [0.05, 0.1) is 6.61 Å². The van der Waals surface area contributed by atoms with Crippen molar-refractivity contribution in [3.8, 4) is 0 Å². The number of hydrogen-bond donors (Lipinski definition) is 2. The van der Waals surface area contributed by atoms with Gasteiger partial charge in [-0.15, -0.1) is 0 Å². The monoisotopic (exact) mass is 130 g/mol. The molecule has 0 fully saturated rings. The van der Waals surface area contributed by atoms with Crippen LogP contribution in [0.5, 0.6) is 0 Å². The molecule has 0 aliphatic heterocycles. The molecule has 0 saturated heterocycles. The van der Waals surface area contributed by atoms with Crippen LogP contribution in [-0.4, -0.2) is 12.5 Å². The average molecular weight is 130 g/mol. The second kappa shape index (κ2) is 3.91. The molecule has 0 aliphatic carbocycles. The van der Waals surface area contributed by atoms with Crippen LogP contribution in [-0.2, 0) is 9.53 Å². The third kappa shape index (κ3) is 2.71. The predicted octanol–water partition coefficient (Wildman–Crippen LogP) is -0.474. The van der Waals surface area contributed by atoms with E-state index >= 15 is 0 Å². The molecule has 9 heavy (non-hydrogen) atoms. The van der Waals surface area contributed by atoms with Crippen molar-refractivity contribution in [3.05, 3.63) is 12.3 Å². The van der Waals surface area contributed by atoms with E-state index in [9.17, 15) is 4.79 Å². The van der Waals surface area contributed by atoms with Gasteiger partial charge in [0.1, 0.15) is 0 Å². The van der Waals surface area contributed by atoms with Crippen LogP contribution in [0.15, 0.2) is 12.3 Å². The molecule has 0 heterocycles. The van der Waals surface area contributed by atoms with Crippen molar-refractivity contribution in [1.82, 2.24) is 5.43 Å². The summed E-state index contributed by atoms with van der Waals surface area (Å²) in [7, 11) is 0. The molecule has 0 bridgehead atoms. The lowest BCUT2D eigenvalue weighted by molar-refractivity contribution is -0.120. The SMILES string of the molecule is C=C(OCC)C(=O)NN. The highest BCUT2D eigenvalue weighted by Gasteiger charge is 2.02. The van der Waals surface area contributed by atoms with E-state index in [1.165, 1.54) is 0 Å². The minimum Gasteiger partial charge on any atom is -0.489 e. The maximum absolute atomic E-state index is 10.4. The summed E-state index contributed by atoms with van der Waals surface area (Å²) in [5.41, 5.74) is 1.89. The average Bonchev–Trinajstić information content (AvgIpc) is 1.87. The zero-order chi connectivity index (χ0) is 7.28. The normalized spacial score (nSPS) is 8.22. The molecular weight excluding hydrogens is 120 g/mol. The van der Waals surface area contributed by atoms with E-state index in [0.717, 1.165) is 0 Å². The van der Waals surface area contributed by atoms with Gasteiger partial charge in [-0.3, -0.25) is 10.2 Å². The zero-order valence-corrected chi connectivity index (χ0v) is 5.31. The molecule has 0 aliphatic rings. The predicted molar refractivity (Wildman–Crippen MR) is 33.1 cm³/mol. The topological polar surface area (TPSA) is 64.3 Å². The van der Waals surface area contributed by atoms with Crippen molar-refractivity contribution in [2.24, 2.45) is 5.84 Å². The first-order chi connectivity index (χ1) is 4.22. The summed E-state index contributed by atoms with van der Waals surface area (Å²) >= 11 is 0. The van der Waals surface area contributed by atoms with Crippen LogP contribution >= 0.6 is 0 Å². The summed E-state index contributed by atoms with van der Waals surface area (Å²) < 4.78 is 4.71. The van der Waals surface area contributed by atoms with E-state index in [2.05, 4.69) is 6.58 Å². The molecule has 0 aromatic heterocycles. The minimum absolute atomic E-state index is 0.0417. The summed E-state index contributed by atoms with van der Waals surface area (Å²) in [6.07, 6.45) is 0. The van der Waals surface area contributed by atoms with Gasteiger partial charge in [-0.1, -0.05) is 6.58 Å². The number of nitrogens with one attached hydrogen (secondary N) is 1. The van der Waals surface area contributed by atoms with E-state index in [1.54, 1.807) is 6.92 Å². The highest BCUT2D eigenvalue weighted by atomic mass is 16.5. The van der Waals surface area contributed by atoms with Crippen LogP contribution in [0, 0.1) is 0 Å². The Morgan fingerprint density at radius 3 is 2.78 bits per heavy atom. The molecule has 4 nitrogen and oxygen atoms in total. The van der Waals surface area contributed by atoms with Gasteiger partial charge in [0.25, 0.3) is 5.91 Å². The Kier molecular flexibility index (Phi) is 3.46. The Morgan fingerprint density at radius 1 is 1.89 bits per heavy atom. The van der Waals surface area contributed by atoms with Gasteiger partial charge in [0.15, 0.2) is 5.76 Å². The zero-order valence-electron chi connectivity index (χ0n) is 5.31. The van der Waals surface area contributed by atoms with Crippen LogP contribution in [0.2, 0.25) is 0 Å². The van der Waals surface area contributed by atoms with Crippen LogP contribution in [0.1, 0.15) is 6.92 Å². The fourth-order valence-corrected chi connectivity index (χ4v) is 0.320. The Morgan fingerprint density at radius 2 is 2.44 bits per heavy atom. The number of nitrogens with two attached hydrogens (primary N) is 1. The third-order valence-corrected chi connectivity index (χ3v) is 0.703. The van der Waals surface area contributed by atoms with Crippen molar-refractivity contribution in [2.75, 3.05) is 6.61 Å². The Labute approximate surface area is 53.6 Å². The fourth-order valence-electron chi connectivity index (χ4n) is 0.320. The largest absolute Gasteiger partial charge is 0.489 e. The molecule has 3 N–H and O–H groups in total. The number of hydrazine groups is 1. The molecule has 0 rings (SSSR count). The van der Waals surface area contributed by atoms with Crippen molar-refractivity contribution in [3.63, 3.8) is 0 Å². The second-order valence-corrected chi connectivity index (χ2v) is 1.33. The molecule has 52 valence electrons. The molecule has 0 aromatic carbocycles. The Bertz CT molecular complexity index is 122. The summed E-state index contributed by atoms with van der Waals surface area (Å²) in [6, 6.07) is 0. The van der Waals surface area contributed by atoms with Gasteiger partial charge in [-0.2, -0.15) is 0 Å². The Balaban J connectivity index is 3.60. The summed E-state index contributed by atoms with van der Waals surface area (Å²) in [5, 5.41) is 0. The lowest BCUT2D eigenvalue weighted by Crippen LogP contribution is -2.31. The number of hydrogen-bond acceptors (Lipinski definition) is 3. The van der Waals surface area contributed by atoms with Crippen molar-refractivity contribution in [2.45, 2.75) is 6.92 Å². The van der Waals surface area contributed by atoms with Crippen molar-refractivity contribution >= 4 is 5.91 Å². The lowest BCUT2D eigenvalue weighted by atomic mass is 10.5. The molecule has 1 amide bonds. The minimum atomic E-state index is -0.489. The van der Waals surface area contributed by atoms with Crippen LogP contribution < -0.4 is 11.3 Å². The van der Waals surface area contributed by atoms with Gasteiger partial charge in [-0.25, -0.2) is 5.84 Å². The fraction of sp³-hybridized carbons (Fsp3) is 0.400. The van der Waals surface area contributed by atoms with Gasteiger partial charge < -0.3 is 4.74 Å². The smallest absolute Gasteiger partial charge is 0.299 e. The molecule has 0 atom stereocenters. The summed E-state index contributed by atoms with van der Waals surface area (Å²) in [6.45, 7) is 5.48. The van der Waals surface area contributed by atoms with E-state index in [4.69, 9.17) is 10.6 Å². The molecule has 0 spiro atoms. The van der Waals surface area contributed by atoms with Crippen LogP contribution in [0.4, 0.5) is 0 Å².